The summed E-state index contributed by atoms with van der Waals surface area (Å²) >= 11 is 0. The van der Waals surface area contributed by atoms with Crippen LogP contribution < -0.4 is 5.73 Å². The molecule has 0 spiro atoms. The van der Waals surface area contributed by atoms with Crippen LogP contribution in [0.15, 0.2) is 18.3 Å². The Balaban J connectivity index is 1.70. The number of nitrogens with two attached hydrogens (primary N) is 1. The number of rotatable bonds is 3. The van der Waals surface area contributed by atoms with Crippen molar-refractivity contribution in [2.45, 2.75) is 6.54 Å². The summed E-state index contributed by atoms with van der Waals surface area (Å²) in [6.45, 7) is -0.257. The fourth-order valence-electron chi connectivity index (χ4n) is 2.62. The number of hydrogen-bond donors (Lipinski definition) is 2. The zero-order valence-corrected chi connectivity index (χ0v) is 12.9. The summed E-state index contributed by atoms with van der Waals surface area (Å²) in [6, 6.07) is 1.28. The van der Waals surface area contributed by atoms with Crippen LogP contribution in [0.2, 0.25) is 0 Å². The van der Waals surface area contributed by atoms with Gasteiger partial charge in [0.1, 0.15) is 23.7 Å². The standard InChI is InChI=1S/C15H14F3N5O2/c16-9-3-8(13(18)11(17)4-9)6-22-1-2-23(7-12(22)24)15(25)10-5-20-21-14(10)19/h3-5H,1-2,6-7H2,(H3,19,20,21). The minimum atomic E-state index is -1.31. The highest BCUT2D eigenvalue weighted by molar-refractivity contribution is 6.00. The van der Waals surface area contributed by atoms with Crippen LogP contribution in [0.3, 0.4) is 0 Å². The largest absolute Gasteiger partial charge is 0.383 e. The molecule has 3 rings (SSSR count). The van der Waals surface area contributed by atoms with Gasteiger partial charge in [-0.1, -0.05) is 0 Å². The van der Waals surface area contributed by atoms with Gasteiger partial charge in [0.25, 0.3) is 5.91 Å². The molecule has 10 heteroatoms. The molecular weight excluding hydrogens is 339 g/mol. The number of aromatic nitrogens is 2. The molecule has 2 aromatic rings. The summed E-state index contributed by atoms with van der Waals surface area (Å²) in [5, 5.41) is 6.08. The van der Waals surface area contributed by atoms with Crippen molar-refractivity contribution in [3.05, 3.63) is 46.9 Å². The molecule has 1 aliphatic heterocycles. The normalized spacial score (nSPS) is 14.9. The topological polar surface area (TPSA) is 95.3 Å². The van der Waals surface area contributed by atoms with E-state index in [1.165, 1.54) is 16.0 Å². The number of nitrogen functional groups attached to an aromatic ring is 1. The van der Waals surface area contributed by atoms with Crippen LogP contribution in [0.4, 0.5) is 19.0 Å². The van der Waals surface area contributed by atoms with Crippen LogP contribution in [0.5, 0.6) is 0 Å². The average Bonchev–Trinajstić information content (AvgIpc) is 2.99. The lowest BCUT2D eigenvalue weighted by atomic mass is 10.1. The number of benzene rings is 1. The second-order valence-corrected chi connectivity index (χ2v) is 5.60. The fourth-order valence-corrected chi connectivity index (χ4v) is 2.62. The van der Waals surface area contributed by atoms with Crippen molar-refractivity contribution >= 4 is 17.6 Å². The van der Waals surface area contributed by atoms with E-state index in [4.69, 9.17) is 5.73 Å². The Bertz CT molecular complexity index is 839. The number of H-pyrrole nitrogens is 1. The molecule has 2 heterocycles. The number of nitrogens with one attached hydrogen (secondary N) is 1. The molecule has 0 atom stereocenters. The number of carbonyl (C=O) groups excluding carboxylic acids is 2. The van der Waals surface area contributed by atoms with Gasteiger partial charge in [-0.15, -0.1) is 0 Å². The van der Waals surface area contributed by atoms with Crippen molar-refractivity contribution in [2.24, 2.45) is 0 Å². The highest BCUT2D eigenvalue weighted by Crippen LogP contribution is 2.19. The highest BCUT2D eigenvalue weighted by Gasteiger charge is 2.30. The number of halogens is 3. The predicted octanol–water partition coefficient (Wildman–Crippen LogP) is 0.894. The number of nitrogens with zero attached hydrogens (tertiary/aromatic N) is 3. The molecule has 1 fully saturated rings. The summed E-state index contributed by atoms with van der Waals surface area (Å²) in [4.78, 5) is 27.0. The van der Waals surface area contributed by atoms with Crippen molar-refractivity contribution in [1.29, 1.82) is 0 Å². The Morgan fingerprint density at radius 1 is 1.28 bits per heavy atom. The minimum absolute atomic E-state index is 0.0946. The van der Waals surface area contributed by atoms with Crippen LogP contribution >= 0.6 is 0 Å². The Kier molecular flexibility index (Phi) is 4.34. The first-order chi connectivity index (χ1) is 11.9. The molecule has 132 valence electrons. The van der Waals surface area contributed by atoms with Crippen molar-refractivity contribution in [3.63, 3.8) is 0 Å². The predicted molar refractivity (Wildman–Crippen MR) is 80.6 cm³/mol. The molecule has 1 aromatic heterocycles. The first kappa shape index (κ1) is 16.8. The Morgan fingerprint density at radius 2 is 2.04 bits per heavy atom. The molecule has 0 saturated carbocycles. The van der Waals surface area contributed by atoms with Gasteiger partial charge in [0.05, 0.1) is 6.20 Å². The average molecular weight is 353 g/mol. The molecule has 0 radical (unpaired) electrons. The van der Waals surface area contributed by atoms with E-state index < -0.39 is 29.3 Å². The van der Waals surface area contributed by atoms with Crippen molar-refractivity contribution < 1.29 is 22.8 Å². The van der Waals surface area contributed by atoms with Crippen LogP contribution in [0.25, 0.3) is 0 Å². The van der Waals surface area contributed by atoms with Crippen molar-refractivity contribution in [3.8, 4) is 0 Å². The summed E-state index contributed by atoms with van der Waals surface area (Å²) in [7, 11) is 0. The SMILES string of the molecule is Nc1[nH]ncc1C(=O)N1CCN(Cc2cc(F)cc(F)c2F)C(=O)C1. The second-order valence-electron chi connectivity index (χ2n) is 5.60. The Hall–Kier alpha value is -3.04. The van der Waals surface area contributed by atoms with Gasteiger partial charge in [-0.25, -0.2) is 13.2 Å². The number of piperazine rings is 1. The van der Waals surface area contributed by atoms with E-state index in [0.29, 0.717) is 6.07 Å². The van der Waals surface area contributed by atoms with E-state index in [1.54, 1.807) is 0 Å². The summed E-state index contributed by atoms with van der Waals surface area (Å²) in [5.74, 6) is -4.26. The summed E-state index contributed by atoms with van der Waals surface area (Å²) in [5.41, 5.74) is 5.48. The number of aromatic amines is 1. The molecule has 3 N–H and O–H groups in total. The molecule has 0 aliphatic carbocycles. The fraction of sp³-hybridized carbons (Fsp3) is 0.267. The molecule has 1 saturated heterocycles. The lowest BCUT2D eigenvalue weighted by Gasteiger charge is -2.34. The third-order valence-electron chi connectivity index (χ3n) is 3.93. The van der Waals surface area contributed by atoms with Gasteiger partial charge in [-0.3, -0.25) is 14.7 Å². The third kappa shape index (κ3) is 3.28. The van der Waals surface area contributed by atoms with Gasteiger partial charge in [0.2, 0.25) is 5.91 Å². The van der Waals surface area contributed by atoms with Gasteiger partial charge in [0.15, 0.2) is 11.6 Å². The Labute approximate surface area is 140 Å². The molecular formula is C15H14F3N5O2. The van der Waals surface area contributed by atoms with E-state index in [-0.39, 0.29) is 43.1 Å². The second kappa shape index (κ2) is 6.46. The number of amides is 2. The lowest BCUT2D eigenvalue weighted by Crippen LogP contribution is -2.51. The van der Waals surface area contributed by atoms with Gasteiger partial charge < -0.3 is 15.5 Å². The maximum absolute atomic E-state index is 13.7. The molecule has 2 amide bonds. The maximum atomic E-state index is 13.7. The van der Waals surface area contributed by atoms with Gasteiger partial charge >= 0.3 is 0 Å². The quantitative estimate of drug-likeness (QED) is 0.802. The number of hydrogen-bond acceptors (Lipinski definition) is 4. The molecule has 25 heavy (non-hydrogen) atoms. The molecule has 0 bridgehead atoms. The van der Waals surface area contributed by atoms with E-state index in [1.807, 2.05) is 0 Å². The van der Waals surface area contributed by atoms with Gasteiger partial charge in [-0.05, 0) is 6.07 Å². The van der Waals surface area contributed by atoms with Gasteiger partial charge in [-0.2, -0.15) is 5.10 Å². The van der Waals surface area contributed by atoms with Gasteiger partial charge in [0, 0.05) is 31.3 Å². The van der Waals surface area contributed by atoms with E-state index in [9.17, 15) is 22.8 Å². The van der Waals surface area contributed by atoms with Crippen molar-refractivity contribution in [1.82, 2.24) is 20.0 Å². The minimum Gasteiger partial charge on any atom is -0.383 e. The van der Waals surface area contributed by atoms with Crippen LogP contribution in [0, 0.1) is 17.5 Å². The summed E-state index contributed by atoms with van der Waals surface area (Å²) in [6.07, 6.45) is 1.26. The monoisotopic (exact) mass is 353 g/mol. The Morgan fingerprint density at radius 3 is 2.68 bits per heavy atom. The third-order valence-corrected chi connectivity index (χ3v) is 3.93. The number of carbonyl (C=O) groups is 2. The van der Waals surface area contributed by atoms with E-state index in [2.05, 4.69) is 10.2 Å². The van der Waals surface area contributed by atoms with Crippen LogP contribution in [0.1, 0.15) is 15.9 Å². The van der Waals surface area contributed by atoms with Crippen molar-refractivity contribution in [2.75, 3.05) is 25.4 Å². The molecule has 1 aromatic carbocycles. The number of anilines is 1. The smallest absolute Gasteiger partial charge is 0.259 e. The highest BCUT2D eigenvalue weighted by atomic mass is 19.2. The van der Waals surface area contributed by atoms with Crippen LogP contribution in [-0.2, 0) is 11.3 Å². The molecule has 7 nitrogen and oxygen atoms in total. The van der Waals surface area contributed by atoms with Crippen LogP contribution in [-0.4, -0.2) is 51.4 Å². The zero-order valence-electron chi connectivity index (χ0n) is 12.9. The van der Waals surface area contributed by atoms with E-state index in [0.717, 1.165) is 6.07 Å². The zero-order chi connectivity index (χ0) is 18.1. The first-order valence-corrected chi connectivity index (χ1v) is 7.36. The maximum Gasteiger partial charge on any atom is 0.259 e. The van der Waals surface area contributed by atoms with E-state index >= 15 is 0 Å². The lowest BCUT2D eigenvalue weighted by molar-refractivity contribution is -0.135. The molecule has 0 unspecified atom stereocenters. The molecule has 1 aliphatic rings. The first-order valence-electron chi connectivity index (χ1n) is 7.36. The summed E-state index contributed by atoms with van der Waals surface area (Å²) < 4.78 is 40.2.